The van der Waals surface area contributed by atoms with Gasteiger partial charge in [-0.2, -0.15) is 0 Å². The number of halogens is 1. The maximum Gasteiger partial charge on any atom is 0.337 e. The van der Waals surface area contributed by atoms with Crippen molar-refractivity contribution in [1.82, 2.24) is 0 Å². The predicted octanol–water partition coefficient (Wildman–Crippen LogP) is 2.20. The lowest BCUT2D eigenvalue weighted by molar-refractivity contribution is -0.0123. The van der Waals surface area contributed by atoms with E-state index in [1.165, 1.54) is 12.1 Å². The summed E-state index contributed by atoms with van der Waals surface area (Å²) < 4.78 is 10.5. The molecule has 6 heteroatoms. The quantitative estimate of drug-likeness (QED) is 0.804. The number of rotatable bonds is 7. The molecule has 0 aromatic heterocycles. The fourth-order valence-corrected chi connectivity index (χ4v) is 1.50. The first-order valence-electron chi connectivity index (χ1n) is 5.85. The molecule has 1 aromatic carbocycles. The summed E-state index contributed by atoms with van der Waals surface area (Å²) in [6.07, 6.45) is -0.741. The summed E-state index contributed by atoms with van der Waals surface area (Å²) in [6, 6.07) is 4.31. The molecule has 0 aliphatic rings. The molecular formula is C13H17ClO5. The van der Waals surface area contributed by atoms with Gasteiger partial charge in [0.2, 0.25) is 0 Å². The van der Waals surface area contributed by atoms with Crippen molar-refractivity contribution >= 4 is 17.6 Å². The molecule has 106 valence electrons. The van der Waals surface area contributed by atoms with Gasteiger partial charge in [-0.25, -0.2) is 4.79 Å². The zero-order valence-corrected chi connectivity index (χ0v) is 11.6. The van der Waals surface area contributed by atoms with Gasteiger partial charge in [-0.05, 0) is 32.0 Å². The number of hydrogen-bond acceptors (Lipinski definition) is 4. The Hall–Kier alpha value is -1.30. The Labute approximate surface area is 116 Å². The molecule has 1 aromatic rings. The average Bonchev–Trinajstić information content (AvgIpc) is 2.35. The Morgan fingerprint density at radius 3 is 2.63 bits per heavy atom. The van der Waals surface area contributed by atoms with Crippen molar-refractivity contribution in [1.29, 1.82) is 0 Å². The number of carbonyl (C=O) groups is 1. The lowest BCUT2D eigenvalue weighted by Crippen LogP contribution is -2.25. The van der Waals surface area contributed by atoms with Gasteiger partial charge >= 0.3 is 5.97 Å². The summed E-state index contributed by atoms with van der Waals surface area (Å²) in [5.74, 6) is -0.787. The van der Waals surface area contributed by atoms with E-state index in [1.54, 1.807) is 6.07 Å². The molecule has 0 radical (unpaired) electrons. The van der Waals surface area contributed by atoms with Crippen LogP contribution in [0.3, 0.4) is 0 Å². The van der Waals surface area contributed by atoms with Gasteiger partial charge < -0.3 is 19.7 Å². The SMILES string of the molecule is CC(C)OCC(O)COc1ccc(Cl)c(C(=O)O)c1. The lowest BCUT2D eigenvalue weighted by atomic mass is 10.2. The highest BCUT2D eigenvalue weighted by molar-refractivity contribution is 6.33. The Morgan fingerprint density at radius 1 is 1.37 bits per heavy atom. The van der Waals surface area contributed by atoms with Crippen LogP contribution in [0.15, 0.2) is 18.2 Å². The van der Waals surface area contributed by atoms with Gasteiger partial charge in [0.05, 0.1) is 23.3 Å². The van der Waals surface area contributed by atoms with Crippen LogP contribution in [0.4, 0.5) is 0 Å². The summed E-state index contributed by atoms with van der Waals surface area (Å²) in [4.78, 5) is 10.9. The smallest absolute Gasteiger partial charge is 0.337 e. The van der Waals surface area contributed by atoms with Crippen molar-refractivity contribution in [2.75, 3.05) is 13.2 Å². The van der Waals surface area contributed by atoms with Gasteiger partial charge in [-0.1, -0.05) is 11.6 Å². The second kappa shape index (κ2) is 7.33. The van der Waals surface area contributed by atoms with E-state index in [0.717, 1.165) is 0 Å². The Balaban J connectivity index is 2.54. The molecule has 1 rings (SSSR count). The lowest BCUT2D eigenvalue weighted by Gasteiger charge is -2.14. The van der Waals surface area contributed by atoms with Gasteiger partial charge in [0.1, 0.15) is 18.5 Å². The minimum absolute atomic E-state index is 0.0212. The van der Waals surface area contributed by atoms with Gasteiger partial charge in [0, 0.05) is 0 Å². The number of carboxylic acid groups (broad SMARTS) is 1. The topological polar surface area (TPSA) is 76.0 Å². The van der Waals surface area contributed by atoms with Crippen molar-refractivity contribution in [3.05, 3.63) is 28.8 Å². The predicted molar refractivity (Wildman–Crippen MR) is 71.0 cm³/mol. The maximum absolute atomic E-state index is 10.9. The first-order chi connectivity index (χ1) is 8.90. The second-order valence-electron chi connectivity index (χ2n) is 4.29. The number of aliphatic hydroxyl groups is 1. The van der Waals surface area contributed by atoms with Gasteiger partial charge in [-0.3, -0.25) is 0 Å². The van der Waals surface area contributed by atoms with Crippen molar-refractivity contribution in [3.63, 3.8) is 0 Å². The van der Waals surface area contributed by atoms with Crippen LogP contribution in [0.1, 0.15) is 24.2 Å². The molecule has 0 amide bonds. The first kappa shape index (κ1) is 15.8. The van der Waals surface area contributed by atoms with Gasteiger partial charge in [0.25, 0.3) is 0 Å². The normalized spacial score (nSPS) is 12.5. The molecule has 0 heterocycles. The number of hydrogen-bond donors (Lipinski definition) is 2. The van der Waals surface area contributed by atoms with E-state index in [9.17, 15) is 9.90 Å². The van der Waals surface area contributed by atoms with Crippen molar-refractivity contribution in [3.8, 4) is 5.75 Å². The third-order valence-electron chi connectivity index (χ3n) is 2.23. The summed E-state index contributed by atoms with van der Waals surface area (Å²) in [5, 5.41) is 18.6. The van der Waals surface area contributed by atoms with Crippen molar-refractivity contribution in [2.24, 2.45) is 0 Å². The van der Waals surface area contributed by atoms with E-state index in [4.69, 9.17) is 26.2 Å². The number of ether oxygens (including phenoxy) is 2. The van der Waals surface area contributed by atoms with Crippen molar-refractivity contribution < 1.29 is 24.5 Å². The largest absolute Gasteiger partial charge is 0.491 e. The van der Waals surface area contributed by atoms with E-state index < -0.39 is 12.1 Å². The summed E-state index contributed by atoms with van der Waals surface area (Å²) in [6.45, 7) is 3.92. The Morgan fingerprint density at radius 2 is 2.05 bits per heavy atom. The zero-order chi connectivity index (χ0) is 14.4. The number of aliphatic hydroxyl groups excluding tert-OH is 1. The van der Waals surface area contributed by atoms with Crippen LogP contribution in [0, 0.1) is 0 Å². The van der Waals surface area contributed by atoms with Crippen LogP contribution in [0.5, 0.6) is 5.75 Å². The average molecular weight is 289 g/mol. The monoisotopic (exact) mass is 288 g/mol. The van der Waals surface area contributed by atoms with E-state index in [-0.39, 0.29) is 29.9 Å². The van der Waals surface area contributed by atoms with E-state index in [1.807, 2.05) is 13.8 Å². The molecule has 0 saturated heterocycles. The van der Waals surface area contributed by atoms with Crippen LogP contribution >= 0.6 is 11.6 Å². The fraction of sp³-hybridized carbons (Fsp3) is 0.462. The van der Waals surface area contributed by atoms with Crippen LogP contribution in [-0.2, 0) is 4.74 Å². The van der Waals surface area contributed by atoms with E-state index in [0.29, 0.717) is 5.75 Å². The minimum Gasteiger partial charge on any atom is -0.491 e. The Kier molecular flexibility index (Phi) is 6.08. The molecule has 1 unspecified atom stereocenters. The number of carboxylic acids is 1. The summed E-state index contributed by atoms with van der Waals surface area (Å²) in [5.41, 5.74) is -0.0351. The molecule has 0 aliphatic carbocycles. The number of benzene rings is 1. The van der Waals surface area contributed by atoms with Gasteiger partial charge in [-0.15, -0.1) is 0 Å². The van der Waals surface area contributed by atoms with Crippen LogP contribution in [0.2, 0.25) is 5.02 Å². The molecule has 0 bridgehead atoms. The zero-order valence-electron chi connectivity index (χ0n) is 10.8. The van der Waals surface area contributed by atoms with Crippen LogP contribution in [-0.4, -0.2) is 41.6 Å². The second-order valence-corrected chi connectivity index (χ2v) is 4.70. The molecule has 0 fully saturated rings. The minimum atomic E-state index is -1.13. The molecule has 2 N–H and O–H groups in total. The molecule has 19 heavy (non-hydrogen) atoms. The highest BCUT2D eigenvalue weighted by atomic mass is 35.5. The fourth-order valence-electron chi connectivity index (χ4n) is 1.30. The van der Waals surface area contributed by atoms with Crippen LogP contribution in [0.25, 0.3) is 0 Å². The highest BCUT2D eigenvalue weighted by Gasteiger charge is 2.11. The molecule has 0 saturated carbocycles. The third kappa shape index (κ3) is 5.46. The highest BCUT2D eigenvalue weighted by Crippen LogP contribution is 2.22. The molecular weight excluding hydrogens is 272 g/mol. The van der Waals surface area contributed by atoms with E-state index in [2.05, 4.69) is 0 Å². The Bertz CT molecular complexity index is 433. The standard InChI is InChI=1S/C13H17ClO5/c1-8(2)18-6-9(15)7-19-10-3-4-12(14)11(5-10)13(16)17/h3-5,8-9,15H,6-7H2,1-2H3,(H,16,17). The molecule has 5 nitrogen and oxygen atoms in total. The molecule has 0 spiro atoms. The van der Waals surface area contributed by atoms with Crippen LogP contribution < -0.4 is 4.74 Å². The summed E-state index contributed by atoms with van der Waals surface area (Å²) >= 11 is 5.73. The molecule has 0 aliphatic heterocycles. The third-order valence-corrected chi connectivity index (χ3v) is 2.56. The molecule has 1 atom stereocenters. The van der Waals surface area contributed by atoms with E-state index >= 15 is 0 Å². The van der Waals surface area contributed by atoms with Gasteiger partial charge in [0.15, 0.2) is 0 Å². The maximum atomic E-state index is 10.9. The number of aromatic carboxylic acids is 1. The first-order valence-corrected chi connectivity index (χ1v) is 6.23. The summed E-state index contributed by atoms with van der Waals surface area (Å²) in [7, 11) is 0. The van der Waals surface area contributed by atoms with Crippen molar-refractivity contribution in [2.45, 2.75) is 26.1 Å².